The van der Waals surface area contributed by atoms with Crippen molar-refractivity contribution in [1.29, 1.82) is 5.26 Å². The third kappa shape index (κ3) is 2.71. The molecule has 0 unspecified atom stereocenters. The molecule has 0 amide bonds. The van der Waals surface area contributed by atoms with E-state index in [-0.39, 0.29) is 0 Å². The number of nitrogens with zero attached hydrogens (tertiary/aromatic N) is 4. The first-order valence-corrected chi connectivity index (χ1v) is 9.16. The summed E-state index contributed by atoms with van der Waals surface area (Å²) in [6.07, 6.45) is 5.79. The molecular weight excluding hydrogens is 338 g/mol. The van der Waals surface area contributed by atoms with Gasteiger partial charge in [-0.15, -0.1) is 0 Å². The number of rotatable bonds is 3. The summed E-state index contributed by atoms with van der Waals surface area (Å²) in [5, 5.41) is 22.0. The molecule has 0 aliphatic carbocycles. The zero-order chi connectivity index (χ0) is 18.2. The lowest BCUT2D eigenvalue weighted by atomic mass is 10.1. The van der Waals surface area contributed by atoms with Crippen LogP contribution >= 0.6 is 0 Å². The minimum atomic E-state index is 0.329. The summed E-state index contributed by atoms with van der Waals surface area (Å²) in [6.45, 7) is 1.98. The monoisotopic (exact) mass is 357 g/mol. The van der Waals surface area contributed by atoms with Crippen LogP contribution in [-0.2, 0) is 0 Å². The van der Waals surface area contributed by atoms with Crippen molar-refractivity contribution in [2.24, 2.45) is 0 Å². The van der Waals surface area contributed by atoms with Crippen LogP contribution < -0.4 is 10.6 Å². The van der Waals surface area contributed by atoms with Crippen molar-refractivity contribution in [2.45, 2.75) is 18.9 Å². The van der Waals surface area contributed by atoms with Crippen LogP contribution in [0.1, 0.15) is 18.4 Å². The Kier molecular flexibility index (Phi) is 3.77. The highest BCUT2D eigenvalue weighted by Crippen LogP contribution is 2.30. The predicted molar refractivity (Wildman–Crippen MR) is 105 cm³/mol. The number of benzene rings is 1. The van der Waals surface area contributed by atoms with Crippen LogP contribution in [0.25, 0.3) is 27.8 Å². The standard InChI is InChI=1S/C20H19N7/c21-9-13-10-24-27-19(25-14-4-3-7-22-11-14)8-18(26-20(13)27)16-12-23-17-6-2-1-5-15(16)17/h1-2,5-6,8,10,12,14,22-23,25H,3-4,7,11H2/t14-/m0/s1. The van der Waals surface area contributed by atoms with Crippen LogP contribution in [0.2, 0.25) is 0 Å². The first kappa shape index (κ1) is 15.9. The number of nitriles is 1. The van der Waals surface area contributed by atoms with E-state index in [1.807, 2.05) is 30.5 Å². The van der Waals surface area contributed by atoms with Crippen LogP contribution in [0.15, 0.2) is 42.7 Å². The fourth-order valence-electron chi connectivity index (χ4n) is 3.75. The molecule has 1 aliphatic rings. The van der Waals surface area contributed by atoms with Gasteiger partial charge in [-0.25, -0.2) is 4.98 Å². The Morgan fingerprint density at radius 2 is 2.22 bits per heavy atom. The van der Waals surface area contributed by atoms with Gasteiger partial charge in [-0.1, -0.05) is 18.2 Å². The van der Waals surface area contributed by atoms with Crippen LogP contribution in [0.5, 0.6) is 0 Å². The van der Waals surface area contributed by atoms with Crippen molar-refractivity contribution in [3.05, 3.63) is 48.3 Å². The van der Waals surface area contributed by atoms with E-state index in [0.29, 0.717) is 17.3 Å². The Hall–Kier alpha value is -3.37. The second kappa shape index (κ2) is 6.41. The molecule has 1 aliphatic heterocycles. The average molecular weight is 357 g/mol. The zero-order valence-corrected chi connectivity index (χ0v) is 14.7. The maximum absolute atomic E-state index is 9.45. The second-order valence-electron chi connectivity index (χ2n) is 6.87. The summed E-state index contributed by atoms with van der Waals surface area (Å²) in [6, 6.07) is 12.7. The topological polar surface area (TPSA) is 93.8 Å². The van der Waals surface area contributed by atoms with Crippen molar-refractivity contribution in [1.82, 2.24) is 24.9 Å². The number of H-pyrrole nitrogens is 1. The largest absolute Gasteiger partial charge is 0.366 e. The third-order valence-corrected chi connectivity index (χ3v) is 5.11. The predicted octanol–water partition coefficient (Wildman–Crippen LogP) is 2.91. The third-order valence-electron chi connectivity index (χ3n) is 5.11. The van der Waals surface area contributed by atoms with Gasteiger partial charge in [-0.05, 0) is 25.5 Å². The van der Waals surface area contributed by atoms with Crippen molar-refractivity contribution in [3.63, 3.8) is 0 Å². The van der Waals surface area contributed by atoms with Gasteiger partial charge in [-0.2, -0.15) is 14.9 Å². The molecule has 1 saturated heterocycles. The number of fused-ring (bicyclic) bond motifs is 2. The number of piperidine rings is 1. The van der Waals surface area contributed by atoms with Crippen molar-refractivity contribution >= 4 is 22.4 Å². The molecular formula is C20H19N7. The van der Waals surface area contributed by atoms with Crippen LogP contribution in [0.3, 0.4) is 0 Å². The Bertz CT molecular complexity index is 1160. The smallest absolute Gasteiger partial charge is 0.175 e. The van der Waals surface area contributed by atoms with Gasteiger partial charge in [0, 0.05) is 41.3 Å². The molecule has 3 aromatic heterocycles. The molecule has 4 heterocycles. The molecule has 1 atom stereocenters. The van der Waals surface area contributed by atoms with Crippen molar-refractivity contribution in [3.8, 4) is 17.3 Å². The minimum Gasteiger partial charge on any atom is -0.366 e. The first-order valence-electron chi connectivity index (χ1n) is 9.16. The van der Waals surface area contributed by atoms with E-state index in [1.165, 1.54) is 0 Å². The molecule has 5 rings (SSSR count). The van der Waals surface area contributed by atoms with Crippen LogP contribution in [0.4, 0.5) is 5.82 Å². The fraction of sp³-hybridized carbons (Fsp3) is 0.250. The maximum atomic E-state index is 9.45. The summed E-state index contributed by atoms with van der Waals surface area (Å²) in [5.74, 6) is 0.857. The van der Waals surface area contributed by atoms with E-state index in [4.69, 9.17) is 4.98 Å². The highest BCUT2D eigenvalue weighted by Gasteiger charge is 2.18. The van der Waals surface area contributed by atoms with E-state index in [0.717, 1.165) is 53.9 Å². The highest BCUT2D eigenvalue weighted by atomic mass is 15.3. The Labute approximate surface area is 156 Å². The quantitative estimate of drug-likeness (QED) is 0.524. The highest BCUT2D eigenvalue weighted by molar-refractivity contribution is 5.95. The number of nitrogens with one attached hydrogen (secondary N) is 3. The van der Waals surface area contributed by atoms with E-state index in [2.05, 4.69) is 32.9 Å². The van der Waals surface area contributed by atoms with Gasteiger partial charge in [0.15, 0.2) is 5.65 Å². The van der Waals surface area contributed by atoms with Gasteiger partial charge in [0.25, 0.3) is 0 Å². The lowest BCUT2D eigenvalue weighted by Gasteiger charge is -2.25. The van der Waals surface area contributed by atoms with Crippen molar-refractivity contribution in [2.75, 3.05) is 18.4 Å². The molecule has 7 heteroatoms. The lowest BCUT2D eigenvalue weighted by Crippen LogP contribution is -2.38. The van der Waals surface area contributed by atoms with Gasteiger partial charge >= 0.3 is 0 Å². The number of hydrogen-bond acceptors (Lipinski definition) is 5. The average Bonchev–Trinajstić information content (AvgIpc) is 3.32. The van der Waals surface area contributed by atoms with Gasteiger partial charge < -0.3 is 15.6 Å². The number of anilines is 1. The summed E-state index contributed by atoms with van der Waals surface area (Å²) >= 11 is 0. The minimum absolute atomic E-state index is 0.329. The van der Waals surface area contributed by atoms with Gasteiger partial charge in [0.2, 0.25) is 0 Å². The molecule has 134 valence electrons. The second-order valence-corrected chi connectivity index (χ2v) is 6.87. The van der Waals surface area contributed by atoms with Crippen LogP contribution in [0, 0.1) is 11.3 Å². The first-order chi connectivity index (χ1) is 13.3. The summed E-state index contributed by atoms with van der Waals surface area (Å²) in [4.78, 5) is 8.05. The number of aromatic amines is 1. The van der Waals surface area contributed by atoms with Gasteiger partial charge in [0.1, 0.15) is 17.5 Å². The summed E-state index contributed by atoms with van der Waals surface area (Å²) < 4.78 is 1.73. The molecule has 3 N–H and O–H groups in total. The molecule has 0 bridgehead atoms. The number of hydrogen-bond donors (Lipinski definition) is 3. The molecule has 4 aromatic rings. The summed E-state index contributed by atoms with van der Waals surface area (Å²) in [7, 11) is 0. The van der Waals surface area contributed by atoms with Crippen molar-refractivity contribution < 1.29 is 0 Å². The van der Waals surface area contributed by atoms with Gasteiger partial charge in [-0.3, -0.25) is 0 Å². The molecule has 0 radical (unpaired) electrons. The molecule has 1 fully saturated rings. The Morgan fingerprint density at radius 1 is 1.30 bits per heavy atom. The SMILES string of the molecule is N#Cc1cnn2c(N[C@H]3CCCNC3)cc(-c3c[nH]c4ccccc34)nc12. The zero-order valence-electron chi connectivity index (χ0n) is 14.7. The fourth-order valence-corrected chi connectivity index (χ4v) is 3.75. The summed E-state index contributed by atoms with van der Waals surface area (Å²) in [5.41, 5.74) is 3.95. The lowest BCUT2D eigenvalue weighted by molar-refractivity contribution is 0.478. The normalized spacial score (nSPS) is 17.2. The maximum Gasteiger partial charge on any atom is 0.175 e. The van der Waals surface area contributed by atoms with E-state index < -0.39 is 0 Å². The Morgan fingerprint density at radius 3 is 3.07 bits per heavy atom. The molecule has 7 nitrogen and oxygen atoms in total. The van der Waals surface area contributed by atoms with Gasteiger partial charge in [0.05, 0.1) is 11.9 Å². The molecule has 0 saturated carbocycles. The molecule has 0 spiro atoms. The number of aromatic nitrogens is 4. The van der Waals surface area contributed by atoms with E-state index in [1.54, 1.807) is 10.7 Å². The Balaban J connectivity index is 1.67. The van der Waals surface area contributed by atoms with E-state index in [9.17, 15) is 5.26 Å². The van der Waals surface area contributed by atoms with Crippen LogP contribution in [-0.4, -0.2) is 38.7 Å². The van der Waals surface area contributed by atoms with E-state index >= 15 is 0 Å². The molecule has 27 heavy (non-hydrogen) atoms. The molecule has 1 aromatic carbocycles. The number of para-hydroxylation sites is 1.